The topological polar surface area (TPSA) is 109 Å². The Labute approximate surface area is 226 Å². The number of nitrogens with zero attached hydrogens (tertiary/aromatic N) is 3. The minimum atomic E-state index is -4.41. The highest BCUT2D eigenvalue weighted by molar-refractivity contribution is 8.18. The van der Waals surface area contributed by atoms with Gasteiger partial charge >= 0.3 is 6.18 Å². The van der Waals surface area contributed by atoms with Crippen LogP contribution in [0.4, 0.5) is 23.9 Å². The van der Waals surface area contributed by atoms with Crippen LogP contribution in [-0.4, -0.2) is 38.2 Å². The summed E-state index contributed by atoms with van der Waals surface area (Å²) in [5.41, 5.74) is 1.65. The molecule has 2 aromatic heterocycles. The number of carbonyl (C=O) groups is 2. The number of anilines is 1. The number of carbonyl (C=O) groups excluding carboxylic acids is 2. The number of pyridine rings is 1. The molecule has 3 N–H and O–H groups in total. The molecule has 0 unspecified atom stereocenters. The van der Waals surface area contributed by atoms with Gasteiger partial charge in [-0.2, -0.15) is 13.2 Å². The second-order valence-corrected chi connectivity index (χ2v) is 10.3. The molecular weight excluding hydrogens is 529 g/mol. The summed E-state index contributed by atoms with van der Waals surface area (Å²) in [6.45, 7) is 0.496. The fourth-order valence-corrected chi connectivity index (χ4v) is 5.31. The van der Waals surface area contributed by atoms with Gasteiger partial charge in [-0.15, -0.1) is 0 Å². The van der Waals surface area contributed by atoms with Gasteiger partial charge in [0.15, 0.2) is 0 Å². The van der Waals surface area contributed by atoms with Gasteiger partial charge in [-0.1, -0.05) is 18.2 Å². The number of thioether (sulfide) groups is 1. The maximum absolute atomic E-state index is 13.2. The van der Waals surface area contributed by atoms with Crippen LogP contribution in [0.25, 0.3) is 17.3 Å². The summed E-state index contributed by atoms with van der Waals surface area (Å²) in [5.74, 6) is 0.0220. The molecule has 3 heterocycles. The zero-order chi connectivity index (χ0) is 27.4. The maximum atomic E-state index is 13.2. The molecule has 1 saturated heterocycles. The lowest BCUT2D eigenvalue weighted by Gasteiger charge is -2.30. The van der Waals surface area contributed by atoms with E-state index in [0.29, 0.717) is 34.3 Å². The second kappa shape index (κ2) is 11.5. The largest absolute Gasteiger partial charge is 0.416 e. The summed E-state index contributed by atoms with van der Waals surface area (Å²) < 4.78 is 39.6. The molecular formula is C27H25F3N6O2S. The third-order valence-electron chi connectivity index (χ3n) is 6.59. The molecule has 0 bridgehead atoms. The van der Waals surface area contributed by atoms with Gasteiger partial charge in [0.2, 0.25) is 5.95 Å². The number of hydrogen-bond acceptors (Lipinski definition) is 8. The molecule has 5 rings (SSSR count). The SMILES string of the molecule is O=C1NC(=O)/C(=C/c2ccnc(N[C@H]3CC[C@H](NCc4cccnc4-c4cccc(C(F)(F)F)c4)CC3)n2)S1. The quantitative estimate of drug-likeness (QED) is 0.334. The zero-order valence-electron chi connectivity index (χ0n) is 20.7. The number of imide groups is 1. The lowest BCUT2D eigenvalue weighted by molar-refractivity contribution is -0.137. The van der Waals surface area contributed by atoms with Crippen LogP contribution in [0.1, 0.15) is 42.5 Å². The molecule has 12 heteroatoms. The van der Waals surface area contributed by atoms with E-state index in [2.05, 4.69) is 30.9 Å². The molecule has 0 atom stereocenters. The van der Waals surface area contributed by atoms with E-state index < -0.39 is 22.9 Å². The van der Waals surface area contributed by atoms with E-state index in [1.54, 1.807) is 36.7 Å². The minimum absolute atomic E-state index is 0.177. The highest BCUT2D eigenvalue weighted by atomic mass is 32.2. The fraction of sp³-hybridized carbons (Fsp3) is 0.296. The van der Waals surface area contributed by atoms with E-state index in [0.717, 1.165) is 55.1 Å². The number of amides is 2. The molecule has 8 nitrogen and oxygen atoms in total. The van der Waals surface area contributed by atoms with Gasteiger partial charge in [-0.25, -0.2) is 9.97 Å². The van der Waals surface area contributed by atoms with Crippen LogP contribution < -0.4 is 16.0 Å². The van der Waals surface area contributed by atoms with Crippen LogP contribution in [0.5, 0.6) is 0 Å². The van der Waals surface area contributed by atoms with Crippen molar-refractivity contribution in [2.45, 2.75) is 50.5 Å². The van der Waals surface area contributed by atoms with Gasteiger partial charge in [0.05, 0.1) is 21.9 Å². The van der Waals surface area contributed by atoms with Crippen molar-refractivity contribution in [1.82, 2.24) is 25.6 Å². The van der Waals surface area contributed by atoms with Gasteiger partial charge in [0.25, 0.3) is 11.1 Å². The summed E-state index contributed by atoms with van der Waals surface area (Å²) in [5, 5.41) is 8.71. The van der Waals surface area contributed by atoms with E-state index in [-0.39, 0.29) is 12.1 Å². The average molecular weight is 555 g/mol. The summed E-state index contributed by atoms with van der Waals surface area (Å²) in [4.78, 5) is 36.5. The Morgan fingerprint density at radius 1 is 1.00 bits per heavy atom. The molecule has 2 fully saturated rings. The van der Waals surface area contributed by atoms with Crippen LogP contribution in [-0.2, 0) is 17.5 Å². The van der Waals surface area contributed by atoms with Crippen LogP contribution in [0.3, 0.4) is 0 Å². The highest BCUT2D eigenvalue weighted by Gasteiger charge is 2.31. The minimum Gasteiger partial charge on any atom is -0.351 e. The molecule has 202 valence electrons. The zero-order valence-corrected chi connectivity index (χ0v) is 21.5. The molecule has 1 saturated carbocycles. The summed E-state index contributed by atoms with van der Waals surface area (Å²) in [6, 6.07) is 11.0. The first-order valence-electron chi connectivity index (χ1n) is 12.4. The van der Waals surface area contributed by atoms with Crippen molar-refractivity contribution in [3.8, 4) is 11.3 Å². The van der Waals surface area contributed by atoms with Crippen molar-refractivity contribution >= 4 is 34.9 Å². The Kier molecular flexibility index (Phi) is 7.94. The lowest BCUT2D eigenvalue weighted by Crippen LogP contribution is -2.37. The standard InChI is InChI=1S/C27H25F3N6O2S/c28-27(29,30)18-5-1-3-16(13-18)23-17(4-2-11-31-23)15-33-19-6-8-20(9-7-19)34-25-32-12-10-21(35-25)14-22-24(37)36-26(38)39-22/h1-5,10-14,19-20,33H,6-9,15H2,(H,32,34,35)(H,36,37,38)/b22-14-/t19-,20-. The Morgan fingerprint density at radius 2 is 1.79 bits per heavy atom. The van der Waals surface area contributed by atoms with Gasteiger partial charge in [0.1, 0.15) is 0 Å². The Balaban J connectivity index is 1.16. The number of aromatic nitrogens is 3. The fourth-order valence-electron chi connectivity index (χ4n) is 4.64. The second-order valence-electron chi connectivity index (χ2n) is 9.32. The van der Waals surface area contributed by atoms with Crippen LogP contribution in [0, 0.1) is 0 Å². The average Bonchev–Trinajstić information content (AvgIpc) is 3.24. The summed E-state index contributed by atoms with van der Waals surface area (Å²) in [6.07, 6.45) is 3.91. The van der Waals surface area contributed by atoms with Crippen molar-refractivity contribution in [3.05, 3.63) is 76.6 Å². The van der Waals surface area contributed by atoms with Crippen molar-refractivity contribution in [1.29, 1.82) is 0 Å². The Bertz CT molecular complexity index is 1410. The number of halogens is 3. The predicted molar refractivity (Wildman–Crippen MR) is 142 cm³/mol. The van der Waals surface area contributed by atoms with E-state index in [1.165, 1.54) is 6.07 Å². The molecule has 1 aliphatic heterocycles. The molecule has 39 heavy (non-hydrogen) atoms. The van der Waals surface area contributed by atoms with Crippen LogP contribution in [0.2, 0.25) is 0 Å². The third-order valence-corrected chi connectivity index (χ3v) is 7.40. The van der Waals surface area contributed by atoms with Crippen molar-refractivity contribution < 1.29 is 22.8 Å². The Morgan fingerprint density at radius 3 is 2.54 bits per heavy atom. The molecule has 1 aliphatic carbocycles. The summed E-state index contributed by atoms with van der Waals surface area (Å²) in [7, 11) is 0. The smallest absolute Gasteiger partial charge is 0.351 e. The van der Waals surface area contributed by atoms with E-state index in [1.807, 2.05) is 6.07 Å². The molecule has 0 spiro atoms. The molecule has 1 aromatic carbocycles. The van der Waals surface area contributed by atoms with Gasteiger partial charge in [-0.3, -0.25) is 19.9 Å². The number of hydrogen-bond donors (Lipinski definition) is 3. The van der Waals surface area contributed by atoms with Crippen molar-refractivity contribution in [3.63, 3.8) is 0 Å². The summed E-state index contributed by atoms with van der Waals surface area (Å²) >= 11 is 0.839. The first kappa shape index (κ1) is 26.8. The van der Waals surface area contributed by atoms with E-state index in [9.17, 15) is 22.8 Å². The van der Waals surface area contributed by atoms with Crippen LogP contribution >= 0.6 is 11.8 Å². The number of rotatable bonds is 7. The first-order chi connectivity index (χ1) is 18.7. The molecule has 2 amide bonds. The number of alkyl halides is 3. The van der Waals surface area contributed by atoms with Gasteiger partial charge < -0.3 is 10.6 Å². The Hall–Kier alpha value is -3.77. The van der Waals surface area contributed by atoms with Gasteiger partial charge in [-0.05, 0) is 73.4 Å². The van der Waals surface area contributed by atoms with E-state index >= 15 is 0 Å². The highest BCUT2D eigenvalue weighted by Crippen LogP contribution is 2.33. The van der Waals surface area contributed by atoms with Crippen molar-refractivity contribution in [2.75, 3.05) is 5.32 Å². The van der Waals surface area contributed by atoms with E-state index in [4.69, 9.17) is 0 Å². The number of benzene rings is 1. The third kappa shape index (κ3) is 6.82. The molecule has 2 aliphatic rings. The number of nitrogens with one attached hydrogen (secondary N) is 3. The molecule has 0 radical (unpaired) electrons. The predicted octanol–water partition coefficient (Wildman–Crippen LogP) is 5.39. The van der Waals surface area contributed by atoms with Crippen molar-refractivity contribution in [2.24, 2.45) is 0 Å². The lowest BCUT2D eigenvalue weighted by atomic mass is 9.91. The molecule has 3 aromatic rings. The monoisotopic (exact) mass is 554 g/mol. The van der Waals surface area contributed by atoms with Crippen LogP contribution in [0.15, 0.2) is 59.8 Å². The van der Waals surface area contributed by atoms with Gasteiger partial charge in [0, 0.05) is 36.6 Å². The first-order valence-corrected chi connectivity index (χ1v) is 13.3. The maximum Gasteiger partial charge on any atom is 0.416 e. The normalized spacial score (nSPS) is 20.7.